The molecular formula is C25H28ClF4NO7S2. The molecule has 222 valence electrons. The second kappa shape index (κ2) is 11.7. The minimum atomic E-state index is -4.81. The Balaban J connectivity index is 1.97. The zero-order chi connectivity index (χ0) is 30.1. The van der Waals surface area contributed by atoms with Crippen LogP contribution in [0.2, 0.25) is 5.02 Å². The summed E-state index contributed by atoms with van der Waals surface area (Å²) in [6.45, 7) is 2.79. The zero-order valence-electron chi connectivity index (χ0n) is 21.8. The summed E-state index contributed by atoms with van der Waals surface area (Å²) in [5.41, 5.74) is -2.66. The second-order valence-electron chi connectivity index (χ2n) is 9.75. The van der Waals surface area contributed by atoms with Gasteiger partial charge < -0.3 is 9.47 Å². The van der Waals surface area contributed by atoms with Crippen molar-refractivity contribution in [3.63, 3.8) is 0 Å². The number of sulfonamides is 1. The first kappa shape index (κ1) is 31.9. The number of hydrogen-bond donors (Lipinski definition) is 0. The van der Waals surface area contributed by atoms with E-state index in [-0.39, 0.29) is 46.4 Å². The molecule has 15 heteroatoms. The Kier molecular flexibility index (Phi) is 9.36. The van der Waals surface area contributed by atoms with Crippen molar-refractivity contribution in [1.29, 1.82) is 0 Å². The molecule has 0 unspecified atom stereocenters. The Morgan fingerprint density at radius 1 is 1.10 bits per heavy atom. The lowest BCUT2D eigenvalue weighted by molar-refractivity contribution is -0.257. The highest BCUT2D eigenvalue weighted by molar-refractivity contribution is 7.93. The first-order chi connectivity index (χ1) is 18.4. The average Bonchev–Trinajstić information content (AvgIpc) is 2.82. The number of fused-ring (bicyclic) bond motifs is 1. The fourth-order valence-corrected chi connectivity index (χ4v) is 7.10. The van der Waals surface area contributed by atoms with Crippen LogP contribution in [0.5, 0.6) is 5.75 Å². The molecule has 1 heterocycles. The van der Waals surface area contributed by atoms with Crippen molar-refractivity contribution < 1.29 is 48.7 Å². The number of hydrogen-bond acceptors (Lipinski definition) is 7. The first-order valence-electron chi connectivity index (χ1n) is 12.1. The van der Waals surface area contributed by atoms with Gasteiger partial charge in [-0.2, -0.15) is 13.2 Å². The van der Waals surface area contributed by atoms with Gasteiger partial charge in [-0.15, -0.1) is 0 Å². The molecule has 0 aliphatic carbocycles. The van der Waals surface area contributed by atoms with Crippen LogP contribution in [0.25, 0.3) is 0 Å². The lowest BCUT2D eigenvalue weighted by Crippen LogP contribution is -2.44. The number of halogens is 5. The third-order valence-electron chi connectivity index (χ3n) is 6.10. The Hall–Kier alpha value is -2.58. The molecule has 0 bridgehead atoms. The summed E-state index contributed by atoms with van der Waals surface area (Å²) >= 11 is 5.80. The van der Waals surface area contributed by atoms with Gasteiger partial charge in [-0.25, -0.2) is 21.2 Å². The van der Waals surface area contributed by atoms with Crippen LogP contribution in [-0.2, 0) is 35.8 Å². The van der Waals surface area contributed by atoms with E-state index in [0.29, 0.717) is 20.3 Å². The lowest BCUT2D eigenvalue weighted by atomic mass is 10.1. The number of carbonyl (C=O) groups excluding carboxylic acids is 1. The molecule has 1 aliphatic heterocycles. The van der Waals surface area contributed by atoms with Crippen molar-refractivity contribution in [2.24, 2.45) is 0 Å². The van der Waals surface area contributed by atoms with Gasteiger partial charge in [-0.3, -0.25) is 9.10 Å². The molecule has 0 aromatic heterocycles. The number of benzene rings is 2. The van der Waals surface area contributed by atoms with Gasteiger partial charge in [0.1, 0.15) is 27.5 Å². The molecule has 0 fully saturated rings. The number of anilines is 1. The summed E-state index contributed by atoms with van der Waals surface area (Å²) in [5.74, 6) is -2.30. The highest BCUT2D eigenvalue weighted by Crippen LogP contribution is 2.39. The first-order valence-corrected chi connectivity index (χ1v) is 15.8. The highest BCUT2D eigenvalue weighted by Gasteiger charge is 2.50. The Morgan fingerprint density at radius 2 is 1.77 bits per heavy atom. The number of rotatable bonds is 10. The molecule has 2 aromatic rings. The molecule has 0 spiro atoms. The quantitative estimate of drug-likeness (QED) is 0.267. The molecule has 0 N–H and O–H groups in total. The van der Waals surface area contributed by atoms with E-state index in [0.717, 1.165) is 22.5 Å². The van der Waals surface area contributed by atoms with Crippen LogP contribution in [0.15, 0.2) is 41.3 Å². The Labute approximate surface area is 235 Å². The van der Waals surface area contributed by atoms with Crippen LogP contribution in [0.3, 0.4) is 0 Å². The molecule has 0 saturated carbocycles. The number of carbonyl (C=O) groups is 1. The summed E-state index contributed by atoms with van der Waals surface area (Å²) in [5, 5.41) is -0.444. The number of alkyl halides is 3. The van der Waals surface area contributed by atoms with Gasteiger partial charge in [0.05, 0.1) is 34.3 Å². The van der Waals surface area contributed by atoms with Crippen LogP contribution in [0, 0.1) is 5.82 Å². The molecule has 1 atom stereocenters. The van der Waals surface area contributed by atoms with E-state index >= 15 is 0 Å². The maximum atomic E-state index is 13.7. The topological polar surface area (TPSA) is 107 Å². The van der Waals surface area contributed by atoms with Gasteiger partial charge >= 0.3 is 12.1 Å². The average molecular weight is 630 g/mol. The maximum Gasteiger partial charge on any atom is 0.427 e. The third-order valence-corrected chi connectivity index (χ3v) is 10.1. The number of esters is 1. The minimum Gasteiger partial charge on any atom is -0.486 e. The minimum absolute atomic E-state index is 0.0292. The molecule has 0 saturated heterocycles. The molecular weight excluding hydrogens is 602 g/mol. The standard InChI is InChI=1S/C25H28ClF4NO7S2/c1-4-10-39(33,34)11-9-17-15-31(40(35,36)18-6-7-20(27)19(26)14-18)21-12-16(5-8-22(21)37-17)13-23(32)38-24(2,3)25(28,29)30/h5-8,12,14,17H,4,9-11,13,15H2,1-3H3/t17-/m0/s1. The SMILES string of the molecule is CCCS(=O)(=O)CC[C@H]1CN(S(=O)(=O)c2ccc(F)c(Cl)c2)c2cc(CC(=O)OC(C)(C)C(F)(F)F)ccc2O1. The van der Waals surface area contributed by atoms with E-state index in [1.54, 1.807) is 6.92 Å². The van der Waals surface area contributed by atoms with E-state index in [1.807, 2.05) is 0 Å². The fourth-order valence-electron chi connectivity index (χ4n) is 3.88. The Morgan fingerprint density at radius 3 is 2.38 bits per heavy atom. The zero-order valence-corrected chi connectivity index (χ0v) is 24.2. The molecule has 40 heavy (non-hydrogen) atoms. The van der Waals surface area contributed by atoms with Crippen LogP contribution in [-0.4, -0.2) is 58.7 Å². The molecule has 3 rings (SSSR count). The van der Waals surface area contributed by atoms with Crippen molar-refractivity contribution in [3.05, 3.63) is 52.8 Å². The monoisotopic (exact) mass is 629 g/mol. The molecule has 8 nitrogen and oxygen atoms in total. The van der Waals surface area contributed by atoms with Crippen molar-refractivity contribution in [3.8, 4) is 5.75 Å². The lowest BCUT2D eigenvalue weighted by Gasteiger charge is -2.36. The molecule has 1 aliphatic rings. The van der Waals surface area contributed by atoms with E-state index in [9.17, 15) is 39.2 Å². The van der Waals surface area contributed by atoms with Crippen LogP contribution in [0.1, 0.15) is 39.2 Å². The summed E-state index contributed by atoms with van der Waals surface area (Å²) in [4.78, 5) is 11.9. The van der Waals surface area contributed by atoms with Crippen LogP contribution >= 0.6 is 11.6 Å². The highest BCUT2D eigenvalue weighted by atomic mass is 35.5. The number of sulfone groups is 1. The van der Waals surface area contributed by atoms with Gasteiger partial charge in [-0.05, 0) is 62.6 Å². The number of nitrogens with zero attached hydrogens (tertiary/aromatic N) is 1. The van der Waals surface area contributed by atoms with Gasteiger partial charge in [0.2, 0.25) is 5.60 Å². The van der Waals surface area contributed by atoms with Crippen LogP contribution in [0.4, 0.5) is 23.2 Å². The summed E-state index contributed by atoms with van der Waals surface area (Å²) in [7, 11) is -7.83. The fraction of sp³-hybridized carbons (Fsp3) is 0.480. The molecule has 2 aromatic carbocycles. The smallest absolute Gasteiger partial charge is 0.427 e. The van der Waals surface area contributed by atoms with E-state index < -0.39 is 61.0 Å². The van der Waals surface area contributed by atoms with E-state index in [1.165, 1.54) is 18.2 Å². The van der Waals surface area contributed by atoms with Crippen molar-refractivity contribution in [2.75, 3.05) is 22.4 Å². The predicted molar refractivity (Wildman–Crippen MR) is 140 cm³/mol. The summed E-state index contributed by atoms with van der Waals surface area (Å²) in [6, 6.07) is 6.75. The summed E-state index contributed by atoms with van der Waals surface area (Å²) in [6.07, 6.45) is -5.92. The van der Waals surface area contributed by atoms with Crippen LogP contribution < -0.4 is 9.04 Å². The van der Waals surface area contributed by atoms with Gasteiger partial charge in [0.15, 0.2) is 0 Å². The van der Waals surface area contributed by atoms with Gasteiger partial charge in [0.25, 0.3) is 10.0 Å². The predicted octanol–water partition coefficient (Wildman–Crippen LogP) is 5.08. The maximum absolute atomic E-state index is 13.7. The largest absolute Gasteiger partial charge is 0.486 e. The summed E-state index contributed by atoms with van der Waals surface area (Å²) < 4.78 is 116. The van der Waals surface area contributed by atoms with Crippen molar-refractivity contribution in [1.82, 2.24) is 0 Å². The third kappa shape index (κ3) is 7.38. The molecule has 0 radical (unpaired) electrons. The van der Waals surface area contributed by atoms with E-state index in [4.69, 9.17) is 16.3 Å². The Bertz CT molecular complexity index is 1480. The van der Waals surface area contributed by atoms with Crippen molar-refractivity contribution in [2.45, 2.75) is 62.8 Å². The van der Waals surface area contributed by atoms with Crippen molar-refractivity contribution >= 4 is 43.1 Å². The molecule has 0 amide bonds. The van der Waals surface area contributed by atoms with E-state index in [2.05, 4.69) is 4.74 Å². The van der Waals surface area contributed by atoms with Gasteiger partial charge in [-0.1, -0.05) is 24.6 Å². The normalized spacial score (nSPS) is 16.3. The van der Waals surface area contributed by atoms with Gasteiger partial charge in [0, 0.05) is 5.75 Å². The number of ether oxygens (including phenoxy) is 2. The second-order valence-corrected chi connectivity index (χ2v) is 14.3.